The average molecular weight is 381 g/mol. The molecule has 0 unspecified atom stereocenters. The van der Waals surface area contributed by atoms with Crippen molar-refractivity contribution >= 4 is 34.4 Å². The predicted molar refractivity (Wildman–Crippen MR) is 106 cm³/mol. The van der Waals surface area contributed by atoms with Crippen molar-refractivity contribution in [2.75, 3.05) is 10.6 Å². The van der Waals surface area contributed by atoms with Crippen molar-refractivity contribution < 1.29 is 4.79 Å². The van der Waals surface area contributed by atoms with Gasteiger partial charge in [0, 0.05) is 24.5 Å². The third-order valence-electron chi connectivity index (χ3n) is 5.05. The molecule has 0 aliphatic heterocycles. The Morgan fingerprint density at radius 3 is 2.75 bits per heavy atom. The third kappa shape index (κ3) is 3.46. The first-order chi connectivity index (χ1) is 13.5. The quantitative estimate of drug-likeness (QED) is 0.516. The topological polar surface area (TPSA) is 150 Å². The Morgan fingerprint density at radius 2 is 1.96 bits per heavy atom. The SMILES string of the molecule is Cn1nc(Nc2nc(N[C@@H]3CCCC[C@@H]3N)nnc2C(N)=O)c2ccccc21. The van der Waals surface area contributed by atoms with E-state index in [1.807, 2.05) is 31.3 Å². The second-order valence-electron chi connectivity index (χ2n) is 7.01. The molecular weight excluding hydrogens is 358 g/mol. The van der Waals surface area contributed by atoms with Crippen molar-refractivity contribution in [2.45, 2.75) is 37.8 Å². The standard InChI is InChI=1S/C18H23N9O/c1-27-13-9-5-2-6-10(13)16(26-27)22-17-14(15(20)28)24-25-18(23-17)21-12-8-4-3-7-11(12)19/h2,5-6,9,11-12H,3-4,7-8,19H2,1H3,(H2,20,28)(H2,21,22,23,25,26)/t11-,12+/m0/s1. The summed E-state index contributed by atoms with van der Waals surface area (Å²) >= 11 is 0. The molecule has 146 valence electrons. The normalized spacial score (nSPS) is 19.5. The van der Waals surface area contributed by atoms with Crippen LogP contribution in [-0.4, -0.2) is 43.0 Å². The number of benzene rings is 1. The summed E-state index contributed by atoms with van der Waals surface area (Å²) in [6.07, 6.45) is 4.12. The van der Waals surface area contributed by atoms with Gasteiger partial charge >= 0.3 is 0 Å². The van der Waals surface area contributed by atoms with Crippen molar-refractivity contribution in [2.24, 2.45) is 18.5 Å². The van der Waals surface area contributed by atoms with Gasteiger partial charge in [-0.1, -0.05) is 25.0 Å². The Bertz CT molecular complexity index is 1020. The molecule has 1 saturated carbocycles. The maximum absolute atomic E-state index is 11.8. The molecular formula is C18H23N9O. The number of primary amides is 1. The number of aryl methyl sites for hydroxylation is 1. The number of rotatable bonds is 5. The van der Waals surface area contributed by atoms with Crippen LogP contribution >= 0.6 is 0 Å². The van der Waals surface area contributed by atoms with Crippen LogP contribution in [0.1, 0.15) is 36.2 Å². The van der Waals surface area contributed by atoms with Crippen molar-refractivity contribution in [3.63, 3.8) is 0 Å². The van der Waals surface area contributed by atoms with Crippen LogP contribution in [0.25, 0.3) is 10.9 Å². The molecule has 28 heavy (non-hydrogen) atoms. The van der Waals surface area contributed by atoms with Gasteiger partial charge in [-0.2, -0.15) is 10.1 Å². The average Bonchev–Trinajstić information content (AvgIpc) is 3.00. The summed E-state index contributed by atoms with van der Waals surface area (Å²) in [6, 6.07) is 7.84. The zero-order valence-corrected chi connectivity index (χ0v) is 15.6. The fraction of sp³-hybridized carbons (Fsp3) is 0.389. The third-order valence-corrected chi connectivity index (χ3v) is 5.05. The van der Waals surface area contributed by atoms with E-state index in [2.05, 4.69) is 30.9 Å². The lowest BCUT2D eigenvalue weighted by molar-refractivity contribution is 0.0995. The molecule has 1 aromatic carbocycles. The number of carbonyl (C=O) groups excluding carboxylic acids is 1. The minimum atomic E-state index is -0.719. The van der Waals surface area contributed by atoms with Gasteiger partial charge in [0.1, 0.15) is 0 Å². The molecule has 2 aromatic heterocycles. The Kier molecular flexibility index (Phi) is 4.78. The smallest absolute Gasteiger partial charge is 0.273 e. The van der Waals surface area contributed by atoms with Crippen LogP contribution in [0.2, 0.25) is 0 Å². The first-order valence-corrected chi connectivity index (χ1v) is 9.28. The molecule has 10 nitrogen and oxygen atoms in total. The highest BCUT2D eigenvalue weighted by molar-refractivity contribution is 5.98. The van der Waals surface area contributed by atoms with E-state index in [-0.39, 0.29) is 23.6 Å². The molecule has 1 amide bonds. The van der Waals surface area contributed by atoms with E-state index in [1.54, 1.807) is 4.68 Å². The zero-order valence-electron chi connectivity index (χ0n) is 15.6. The number of fused-ring (bicyclic) bond motifs is 1. The lowest BCUT2D eigenvalue weighted by atomic mass is 9.91. The fourth-order valence-electron chi connectivity index (χ4n) is 3.56. The minimum Gasteiger partial charge on any atom is -0.364 e. The summed E-state index contributed by atoms with van der Waals surface area (Å²) < 4.78 is 1.75. The van der Waals surface area contributed by atoms with E-state index >= 15 is 0 Å². The Balaban J connectivity index is 1.67. The summed E-state index contributed by atoms with van der Waals surface area (Å²) in [5.74, 6) is 0.346. The fourth-order valence-corrected chi connectivity index (χ4v) is 3.56. The van der Waals surface area contributed by atoms with E-state index in [0.717, 1.165) is 36.6 Å². The van der Waals surface area contributed by atoms with Gasteiger partial charge in [0.2, 0.25) is 5.95 Å². The Hall–Kier alpha value is -3.27. The van der Waals surface area contributed by atoms with Gasteiger partial charge in [0.15, 0.2) is 17.3 Å². The minimum absolute atomic E-state index is 0.0318. The maximum atomic E-state index is 11.8. The van der Waals surface area contributed by atoms with Crippen molar-refractivity contribution in [1.82, 2.24) is 25.0 Å². The molecule has 1 fully saturated rings. The molecule has 1 aliphatic rings. The number of anilines is 3. The van der Waals surface area contributed by atoms with Gasteiger partial charge in [0.05, 0.1) is 5.52 Å². The molecule has 4 rings (SSSR count). The number of para-hydroxylation sites is 1. The predicted octanol–water partition coefficient (Wildman–Crippen LogP) is 1.28. The van der Waals surface area contributed by atoms with Crippen LogP contribution in [0.3, 0.4) is 0 Å². The van der Waals surface area contributed by atoms with Crippen LogP contribution in [0, 0.1) is 0 Å². The largest absolute Gasteiger partial charge is 0.364 e. The van der Waals surface area contributed by atoms with E-state index in [1.165, 1.54) is 0 Å². The number of nitrogens with two attached hydrogens (primary N) is 2. The van der Waals surface area contributed by atoms with Crippen molar-refractivity contribution in [1.29, 1.82) is 0 Å². The van der Waals surface area contributed by atoms with Crippen LogP contribution in [0.5, 0.6) is 0 Å². The van der Waals surface area contributed by atoms with Gasteiger partial charge in [-0.25, -0.2) is 0 Å². The second-order valence-corrected chi connectivity index (χ2v) is 7.01. The number of nitrogens with zero attached hydrogens (tertiary/aromatic N) is 5. The summed E-state index contributed by atoms with van der Waals surface area (Å²) in [4.78, 5) is 16.2. The Labute approximate surface area is 161 Å². The lowest BCUT2D eigenvalue weighted by Crippen LogP contribution is -2.43. The number of hydrogen-bond donors (Lipinski definition) is 4. The molecule has 2 atom stereocenters. The van der Waals surface area contributed by atoms with Crippen LogP contribution < -0.4 is 22.1 Å². The first kappa shape index (κ1) is 18.1. The van der Waals surface area contributed by atoms with Gasteiger partial charge in [-0.05, 0) is 25.0 Å². The first-order valence-electron chi connectivity index (χ1n) is 9.28. The van der Waals surface area contributed by atoms with Crippen LogP contribution in [0.15, 0.2) is 24.3 Å². The summed E-state index contributed by atoms with van der Waals surface area (Å²) in [7, 11) is 1.85. The molecule has 6 N–H and O–H groups in total. The molecule has 1 aliphatic carbocycles. The number of carbonyl (C=O) groups is 1. The van der Waals surface area contributed by atoms with Gasteiger partial charge in [-0.3, -0.25) is 9.48 Å². The molecule has 3 aromatic rings. The van der Waals surface area contributed by atoms with E-state index in [9.17, 15) is 4.79 Å². The number of aromatic nitrogens is 5. The second kappa shape index (κ2) is 7.39. The van der Waals surface area contributed by atoms with E-state index in [4.69, 9.17) is 11.5 Å². The molecule has 10 heteroatoms. The molecule has 0 saturated heterocycles. The monoisotopic (exact) mass is 381 g/mol. The number of nitrogens with one attached hydrogen (secondary N) is 2. The van der Waals surface area contributed by atoms with Crippen LogP contribution in [0.4, 0.5) is 17.6 Å². The highest BCUT2D eigenvalue weighted by atomic mass is 16.1. The lowest BCUT2D eigenvalue weighted by Gasteiger charge is -2.29. The van der Waals surface area contributed by atoms with E-state index in [0.29, 0.717) is 11.8 Å². The molecule has 2 heterocycles. The van der Waals surface area contributed by atoms with E-state index < -0.39 is 5.91 Å². The van der Waals surface area contributed by atoms with Gasteiger partial charge < -0.3 is 22.1 Å². The molecule has 0 spiro atoms. The highest BCUT2D eigenvalue weighted by Gasteiger charge is 2.24. The maximum Gasteiger partial charge on any atom is 0.273 e. The van der Waals surface area contributed by atoms with Gasteiger partial charge in [-0.15, -0.1) is 10.2 Å². The number of hydrogen-bond acceptors (Lipinski definition) is 8. The molecule has 0 bridgehead atoms. The summed E-state index contributed by atoms with van der Waals surface area (Å²) in [5, 5.41) is 19.7. The van der Waals surface area contributed by atoms with Crippen LogP contribution in [-0.2, 0) is 7.05 Å². The number of amides is 1. The Morgan fingerprint density at radius 1 is 1.18 bits per heavy atom. The zero-order chi connectivity index (χ0) is 19.7. The molecule has 0 radical (unpaired) electrons. The highest BCUT2D eigenvalue weighted by Crippen LogP contribution is 2.26. The van der Waals surface area contributed by atoms with Crippen molar-refractivity contribution in [3.05, 3.63) is 30.0 Å². The van der Waals surface area contributed by atoms with Gasteiger partial charge in [0.25, 0.3) is 5.91 Å². The van der Waals surface area contributed by atoms with Crippen molar-refractivity contribution in [3.8, 4) is 0 Å². The summed E-state index contributed by atoms with van der Waals surface area (Å²) in [6.45, 7) is 0. The summed E-state index contributed by atoms with van der Waals surface area (Å²) in [5.41, 5.74) is 12.5.